The molecule has 0 spiro atoms. The van der Waals surface area contributed by atoms with Gasteiger partial charge in [0.25, 0.3) is 11.3 Å². The zero-order chi connectivity index (χ0) is 15.0. The van der Waals surface area contributed by atoms with Crippen molar-refractivity contribution >= 4 is 17.7 Å². The van der Waals surface area contributed by atoms with E-state index in [1.807, 2.05) is 0 Å². The van der Waals surface area contributed by atoms with E-state index in [2.05, 4.69) is 20.0 Å². The van der Waals surface area contributed by atoms with Crippen molar-refractivity contribution in [1.82, 2.24) is 19.6 Å². The summed E-state index contributed by atoms with van der Waals surface area (Å²) >= 11 is 0. The van der Waals surface area contributed by atoms with Crippen molar-refractivity contribution in [3.63, 3.8) is 0 Å². The molecule has 112 valence electrons. The third kappa shape index (κ3) is 2.48. The number of fused-ring (bicyclic) bond motifs is 1. The molecule has 0 saturated carbocycles. The highest BCUT2D eigenvalue weighted by molar-refractivity contribution is 5.67. The summed E-state index contributed by atoms with van der Waals surface area (Å²) in [6.07, 6.45) is 2.31. The number of aryl methyl sites for hydroxylation is 1. The van der Waals surface area contributed by atoms with Gasteiger partial charge in [-0.2, -0.15) is 9.50 Å². The maximum absolute atomic E-state index is 12.4. The number of carboxylic acid groups (broad SMARTS) is 1. The molecule has 0 amide bonds. The summed E-state index contributed by atoms with van der Waals surface area (Å²) in [5.74, 6) is 0.0478. The number of nitrogens with zero attached hydrogens (tertiary/aromatic N) is 4. The molecule has 0 radical (unpaired) electrons. The largest absolute Gasteiger partial charge is 0.481 e. The van der Waals surface area contributed by atoms with Gasteiger partial charge in [0.05, 0.1) is 5.69 Å². The number of aromatic amines is 1. The summed E-state index contributed by atoms with van der Waals surface area (Å²) in [5.41, 5.74) is 0.698. The van der Waals surface area contributed by atoms with Crippen LogP contribution in [0.5, 0.6) is 0 Å². The SMILES string of the molecule is Cc1nc2nc(N3CCCC3)[nH]n2c(=O)c1CCC(=O)O. The van der Waals surface area contributed by atoms with E-state index >= 15 is 0 Å². The molecule has 0 aromatic carbocycles. The highest BCUT2D eigenvalue weighted by Gasteiger charge is 2.19. The van der Waals surface area contributed by atoms with Crippen LogP contribution < -0.4 is 10.5 Å². The normalized spacial score (nSPS) is 15.0. The van der Waals surface area contributed by atoms with E-state index in [1.165, 1.54) is 4.52 Å². The van der Waals surface area contributed by atoms with E-state index in [0.29, 0.717) is 23.0 Å². The van der Waals surface area contributed by atoms with Crippen LogP contribution in [0.1, 0.15) is 30.5 Å². The average molecular weight is 291 g/mol. The molecule has 0 bridgehead atoms. The Morgan fingerprint density at radius 1 is 1.33 bits per heavy atom. The third-order valence-corrected chi connectivity index (χ3v) is 3.78. The van der Waals surface area contributed by atoms with Gasteiger partial charge >= 0.3 is 5.97 Å². The number of carbonyl (C=O) groups is 1. The van der Waals surface area contributed by atoms with Crippen molar-refractivity contribution in [2.24, 2.45) is 0 Å². The summed E-state index contributed by atoms with van der Waals surface area (Å²) in [6.45, 7) is 3.54. The molecule has 8 nitrogen and oxygen atoms in total. The zero-order valence-electron chi connectivity index (χ0n) is 11.8. The second-order valence-corrected chi connectivity index (χ2v) is 5.25. The summed E-state index contributed by atoms with van der Waals surface area (Å²) < 4.78 is 1.30. The number of hydrogen-bond donors (Lipinski definition) is 2. The number of anilines is 1. The van der Waals surface area contributed by atoms with Gasteiger partial charge in [0.2, 0.25) is 5.95 Å². The number of nitrogens with one attached hydrogen (secondary N) is 1. The first kappa shape index (κ1) is 13.6. The van der Waals surface area contributed by atoms with Gasteiger partial charge in [-0.25, -0.2) is 4.98 Å². The number of rotatable bonds is 4. The first-order valence-electron chi connectivity index (χ1n) is 7.01. The van der Waals surface area contributed by atoms with Crippen molar-refractivity contribution in [2.75, 3.05) is 18.0 Å². The predicted molar refractivity (Wildman–Crippen MR) is 75.7 cm³/mol. The minimum Gasteiger partial charge on any atom is -0.481 e. The molecule has 0 aliphatic carbocycles. The van der Waals surface area contributed by atoms with Gasteiger partial charge in [0.15, 0.2) is 0 Å². The summed E-state index contributed by atoms with van der Waals surface area (Å²) in [7, 11) is 0. The molecular formula is C13H17N5O3. The Kier molecular flexibility index (Phi) is 3.36. The summed E-state index contributed by atoms with van der Waals surface area (Å²) in [6, 6.07) is 0. The smallest absolute Gasteiger partial charge is 0.303 e. The van der Waals surface area contributed by atoms with E-state index in [9.17, 15) is 9.59 Å². The van der Waals surface area contributed by atoms with E-state index in [0.717, 1.165) is 25.9 Å². The van der Waals surface area contributed by atoms with Gasteiger partial charge in [-0.15, -0.1) is 0 Å². The molecule has 1 saturated heterocycles. The maximum Gasteiger partial charge on any atom is 0.303 e. The highest BCUT2D eigenvalue weighted by Crippen LogP contribution is 2.16. The van der Waals surface area contributed by atoms with Crippen molar-refractivity contribution in [3.05, 3.63) is 21.6 Å². The van der Waals surface area contributed by atoms with Crippen LogP contribution in [0.15, 0.2) is 4.79 Å². The predicted octanol–water partition coefficient (Wildman–Crippen LogP) is 0.343. The van der Waals surface area contributed by atoms with E-state index in [1.54, 1.807) is 6.92 Å². The number of H-pyrrole nitrogens is 1. The topological polar surface area (TPSA) is 104 Å². The monoisotopic (exact) mass is 291 g/mol. The van der Waals surface area contributed by atoms with E-state index < -0.39 is 5.97 Å². The Labute approximate surface area is 120 Å². The summed E-state index contributed by atoms with van der Waals surface area (Å²) in [4.78, 5) is 33.9. The fraction of sp³-hybridized carbons (Fsp3) is 0.538. The van der Waals surface area contributed by atoms with Gasteiger partial charge in [-0.1, -0.05) is 0 Å². The fourth-order valence-corrected chi connectivity index (χ4v) is 2.63. The minimum absolute atomic E-state index is 0.0864. The lowest BCUT2D eigenvalue weighted by atomic mass is 10.1. The minimum atomic E-state index is -0.929. The number of carboxylic acids is 1. The maximum atomic E-state index is 12.4. The van der Waals surface area contributed by atoms with Gasteiger partial charge in [0.1, 0.15) is 0 Å². The molecule has 2 aromatic heterocycles. The third-order valence-electron chi connectivity index (χ3n) is 3.78. The zero-order valence-corrected chi connectivity index (χ0v) is 11.8. The van der Waals surface area contributed by atoms with Gasteiger partial charge in [-0.3, -0.25) is 14.7 Å². The second kappa shape index (κ2) is 5.19. The van der Waals surface area contributed by atoms with E-state index in [4.69, 9.17) is 5.11 Å². The van der Waals surface area contributed by atoms with Crippen LogP contribution in [0.2, 0.25) is 0 Å². The van der Waals surface area contributed by atoms with Gasteiger partial charge in [-0.05, 0) is 26.2 Å². The van der Waals surface area contributed by atoms with Crippen LogP contribution in [0.3, 0.4) is 0 Å². The molecule has 8 heteroatoms. The van der Waals surface area contributed by atoms with Gasteiger partial charge in [0, 0.05) is 25.1 Å². The number of aliphatic carboxylic acids is 1. The average Bonchev–Trinajstić information content (AvgIpc) is 3.05. The summed E-state index contributed by atoms with van der Waals surface area (Å²) in [5, 5.41) is 11.7. The van der Waals surface area contributed by atoms with Crippen LogP contribution in [0.25, 0.3) is 5.78 Å². The fourth-order valence-electron chi connectivity index (χ4n) is 2.63. The Hall–Kier alpha value is -2.38. The Bertz CT molecular complexity index is 742. The van der Waals surface area contributed by atoms with Crippen LogP contribution in [-0.2, 0) is 11.2 Å². The Morgan fingerprint density at radius 3 is 2.71 bits per heavy atom. The van der Waals surface area contributed by atoms with E-state index in [-0.39, 0.29) is 18.4 Å². The molecule has 1 aliphatic heterocycles. The standard InChI is InChI=1S/C13H17N5O3/c1-8-9(4-5-10(19)20)11(21)18-12(14-8)15-13(16-18)17-6-2-3-7-17/h2-7H2,1H3,(H,19,20)(H,14,15,16). The molecule has 2 N–H and O–H groups in total. The highest BCUT2D eigenvalue weighted by atomic mass is 16.4. The van der Waals surface area contributed by atoms with Crippen LogP contribution >= 0.6 is 0 Å². The molecule has 0 unspecified atom stereocenters. The molecule has 3 rings (SSSR count). The molecule has 2 aromatic rings. The lowest BCUT2D eigenvalue weighted by Gasteiger charge is -2.11. The number of aromatic nitrogens is 4. The van der Waals surface area contributed by atoms with Crippen LogP contribution in [-0.4, -0.2) is 43.7 Å². The molecule has 0 atom stereocenters. The molecule has 1 fully saturated rings. The second-order valence-electron chi connectivity index (χ2n) is 5.25. The molecule has 1 aliphatic rings. The van der Waals surface area contributed by atoms with Crippen molar-refractivity contribution in [2.45, 2.75) is 32.6 Å². The Balaban J connectivity index is 2.02. The van der Waals surface area contributed by atoms with Crippen LogP contribution in [0, 0.1) is 6.92 Å². The molecular weight excluding hydrogens is 274 g/mol. The number of hydrogen-bond acceptors (Lipinski definition) is 5. The molecule has 3 heterocycles. The lowest BCUT2D eigenvalue weighted by Crippen LogP contribution is -2.23. The van der Waals surface area contributed by atoms with Crippen molar-refractivity contribution in [1.29, 1.82) is 0 Å². The van der Waals surface area contributed by atoms with Crippen molar-refractivity contribution < 1.29 is 9.90 Å². The molecule has 21 heavy (non-hydrogen) atoms. The lowest BCUT2D eigenvalue weighted by molar-refractivity contribution is -0.136. The van der Waals surface area contributed by atoms with Crippen molar-refractivity contribution in [3.8, 4) is 0 Å². The van der Waals surface area contributed by atoms with Gasteiger partial charge < -0.3 is 10.0 Å². The Morgan fingerprint density at radius 2 is 2.05 bits per heavy atom. The quantitative estimate of drug-likeness (QED) is 0.842. The van der Waals surface area contributed by atoms with Crippen LogP contribution in [0.4, 0.5) is 5.95 Å². The first-order valence-corrected chi connectivity index (χ1v) is 7.01. The first-order chi connectivity index (χ1) is 10.1.